The van der Waals surface area contributed by atoms with Crippen molar-refractivity contribution in [1.29, 1.82) is 0 Å². The predicted octanol–water partition coefficient (Wildman–Crippen LogP) is 2.95. The Kier molecular flexibility index (Phi) is 4.53. The Morgan fingerprint density at radius 2 is 2.00 bits per heavy atom. The number of hydrogen-bond donors (Lipinski definition) is 0. The first-order valence-corrected chi connectivity index (χ1v) is 5.74. The van der Waals surface area contributed by atoms with Crippen molar-refractivity contribution in [2.75, 3.05) is 7.11 Å². The maximum atomic E-state index is 5.20. The van der Waals surface area contributed by atoms with Crippen LogP contribution in [-0.2, 0) is 6.42 Å². The van der Waals surface area contributed by atoms with Crippen molar-refractivity contribution in [1.82, 2.24) is 9.97 Å². The van der Waals surface area contributed by atoms with Crippen molar-refractivity contribution in [2.45, 2.75) is 46.0 Å². The fourth-order valence-corrected chi connectivity index (χ4v) is 1.63. The number of hydrogen-bond acceptors (Lipinski definition) is 3. The Hall–Kier alpha value is -1.12. The van der Waals surface area contributed by atoms with Gasteiger partial charge in [-0.2, -0.15) is 0 Å². The van der Waals surface area contributed by atoms with Crippen LogP contribution in [0.25, 0.3) is 0 Å². The van der Waals surface area contributed by atoms with Gasteiger partial charge in [-0.25, -0.2) is 9.97 Å². The molecule has 3 nitrogen and oxygen atoms in total. The molecule has 0 bridgehead atoms. The fraction of sp³-hybridized carbons (Fsp3) is 0.667. The summed E-state index contributed by atoms with van der Waals surface area (Å²) in [6.07, 6.45) is 5.10. The van der Waals surface area contributed by atoms with E-state index in [1.165, 1.54) is 24.1 Å². The summed E-state index contributed by atoms with van der Waals surface area (Å²) in [5, 5.41) is 0. The van der Waals surface area contributed by atoms with Gasteiger partial charge in [0.2, 0.25) is 5.88 Å². The second kappa shape index (κ2) is 5.69. The largest absolute Gasteiger partial charge is 0.481 e. The van der Waals surface area contributed by atoms with E-state index in [-0.39, 0.29) is 0 Å². The summed E-state index contributed by atoms with van der Waals surface area (Å²) >= 11 is 0. The number of rotatable bonds is 3. The third-order valence-electron chi connectivity index (χ3n) is 2.45. The molecule has 0 spiro atoms. The molecule has 15 heavy (non-hydrogen) atoms. The van der Waals surface area contributed by atoms with Crippen LogP contribution in [0.3, 0.4) is 0 Å². The lowest BCUT2D eigenvalue weighted by atomic mass is 10.1. The van der Waals surface area contributed by atoms with Crippen LogP contribution in [0, 0.1) is 0 Å². The third-order valence-corrected chi connectivity index (χ3v) is 2.45. The van der Waals surface area contributed by atoms with Crippen LogP contribution >= 0.6 is 0 Å². The Bertz CT molecular complexity index is 308. The molecule has 1 aliphatic carbocycles. The molecular weight excluding hydrogens is 188 g/mol. The van der Waals surface area contributed by atoms with E-state index in [2.05, 4.69) is 16.9 Å². The second-order valence-corrected chi connectivity index (χ2v) is 3.37. The highest BCUT2D eigenvalue weighted by Crippen LogP contribution is 2.41. The summed E-state index contributed by atoms with van der Waals surface area (Å²) in [6, 6.07) is 0. The molecule has 0 unspecified atom stereocenters. The summed E-state index contributed by atoms with van der Waals surface area (Å²) in [4.78, 5) is 8.43. The first-order valence-electron chi connectivity index (χ1n) is 5.74. The van der Waals surface area contributed by atoms with Gasteiger partial charge in [-0.3, -0.25) is 0 Å². The van der Waals surface area contributed by atoms with Gasteiger partial charge in [0.05, 0.1) is 12.8 Å². The summed E-state index contributed by atoms with van der Waals surface area (Å²) in [5.74, 6) is 1.42. The van der Waals surface area contributed by atoms with Crippen LogP contribution < -0.4 is 4.74 Å². The zero-order chi connectivity index (χ0) is 11.3. The molecule has 0 aromatic carbocycles. The highest BCUT2D eigenvalue weighted by Gasteiger charge is 2.28. The fourth-order valence-electron chi connectivity index (χ4n) is 1.63. The van der Waals surface area contributed by atoms with Crippen molar-refractivity contribution < 1.29 is 4.74 Å². The maximum absolute atomic E-state index is 5.20. The number of nitrogens with zero attached hydrogens (tertiary/aromatic N) is 2. The smallest absolute Gasteiger partial charge is 0.219 e. The number of ether oxygens (including phenoxy) is 1. The number of methoxy groups -OCH3 is 1. The minimum Gasteiger partial charge on any atom is -0.481 e. The molecule has 0 saturated heterocycles. The first kappa shape index (κ1) is 12.0. The molecule has 1 saturated carbocycles. The third kappa shape index (κ3) is 2.67. The van der Waals surface area contributed by atoms with Crippen LogP contribution in [0.4, 0.5) is 0 Å². The van der Waals surface area contributed by atoms with E-state index in [0.717, 1.165) is 12.3 Å². The molecule has 1 heterocycles. The van der Waals surface area contributed by atoms with E-state index >= 15 is 0 Å². The van der Waals surface area contributed by atoms with Crippen molar-refractivity contribution in [3.63, 3.8) is 0 Å². The Balaban J connectivity index is 0.000000531. The molecule has 0 N–H and O–H groups in total. The first-order chi connectivity index (χ1) is 7.36. The number of aromatic nitrogens is 2. The van der Waals surface area contributed by atoms with E-state index in [4.69, 9.17) is 4.74 Å². The van der Waals surface area contributed by atoms with Gasteiger partial charge in [0.15, 0.2) is 0 Å². The van der Waals surface area contributed by atoms with Gasteiger partial charge in [-0.15, -0.1) is 0 Å². The maximum Gasteiger partial charge on any atom is 0.219 e. The lowest BCUT2D eigenvalue weighted by Crippen LogP contribution is -2.01. The SMILES string of the molecule is CC.CCc1c(OC)ncnc1C1CC1. The molecule has 0 radical (unpaired) electrons. The van der Waals surface area contributed by atoms with Crippen molar-refractivity contribution >= 4 is 0 Å². The monoisotopic (exact) mass is 208 g/mol. The van der Waals surface area contributed by atoms with Crippen LogP contribution in [0.15, 0.2) is 6.33 Å². The lowest BCUT2D eigenvalue weighted by Gasteiger charge is -2.08. The molecule has 3 heteroatoms. The zero-order valence-corrected chi connectivity index (χ0v) is 10.1. The average Bonchev–Trinajstić information content (AvgIpc) is 3.14. The minimum atomic E-state index is 0.673. The zero-order valence-electron chi connectivity index (χ0n) is 10.1. The van der Waals surface area contributed by atoms with Crippen LogP contribution in [0.1, 0.15) is 50.8 Å². The molecule has 0 atom stereocenters. The van der Waals surface area contributed by atoms with Crippen LogP contribution in [0.5, 0.6) is 5.88 Å². The molecule has 1 fully saturated rings. The molecule has 0 amide bonds. The molecular formula is C12H20N2O. The van der Waals surface area contributed by atoms with E-state index in [1.54, 1.807) is 13.4 Å². The standard InChI is InChI=1S/C10H14N2O.C2H6/c1-3-8-9(7-4-5-7)11-6-12-10(8)13-2;1-2/h6-7H,3-5H2,1-2H3;1-2H3. The molecule has 0 aliphatic heterocycles. The van der Waals surface area contributed by atoms with Crippen molar-refractivity contribution in [3.8, 4) is 5.88 Å². The van der Waals surface area contributed by atoms with Gasteiger partial charge in [-0.05, 0) is 19.3 Å². The quantitative estimate of drug-likeness (QED) is 0.766. The van der Waals surface area contributed by atoms with Gasteiger partial charge < -0.3 is 4.74 Å². The van der Waals surface area contributed by atoms with Gasteiger partial charge in [-0.1, -0.05) is 20.8 Å². The summed E-state index contributed by atoms with van der Waals surface area (Å²) < 4.78 is 5.20. The predicted molar refractivity (Wildman–Crippen MR) is 61.3 cm³/mol. The molecule has 1 aliphatic rings. The second-order valence-electron chi connectivity index (χ2n) is 3.37. The minimum absolute atomic E-state index is 0.673. The van der Waals surface area contributed by atoms with E-state index in [0.29, 0.717) is 5.92 Å². The Morgan fingerprint density at radius 1 is 1.33 bits per heavy atom. The summed E-state index contributed by atoms with van der Waals surface area (Å²) in [5.41, 5.74) is 2.39. The summed E-state index contributed by atoms with van der Waals surface area (Å²) in [6.45, 7) is 6.12. The lowest BCUT2D eigenvalue weighted by molar-refractivity contribution is 0.390. The average molecular weight is 208 g/mol. The van der Waals surface area contributed by atoms with Gasteiger partial charge >= 0.3 is 0 Å². The molecule has 1 aromatic heterocycles. The van der Waals surface area contributed by atoms with Gasteiger partial charge in [0, 0.05) is 11.5 Å². The van der Waals surface area contributed by atoms with Crippen LogP contribution in [-0.4, -0.2) is 17.1 Å². The van der Waals surface area contributed by atoms with Gasteiger partial charge in [0.1, 0.15) is 6.33 Å². The molecule has 2 rings (SSSR count). The summed E-state index contributed by atoms with van der Waals surface area (Å²) in [7, 11) is 1.66. The Labute approximate surface area is 91.9 Å². The molecule has 1 aromatic rings. The molecule has 84 valence electrons. The van der Waals surface area contributed by atoms with Crippen LogP contribution in [0.2, 0.25) is 0 Å². The van der Waals surface area contributed by atoms with Crippen molar-refractivity contribution in [3.05, 3.63) is 17.6 Å². The van der Waals surface area contributed by atoms with E-state index in [1.807, 2.05) is 13.8 Å². The van der Waals surface area contributed by atoms with E-state index in [9.17, 15) is 0 Å². The van der Waals surface area contributed by atoms with Crippen molar-refractivity contribution in [2.24, 2.45) is 0 Å². The Morgan fingerprint density at radius 3 is 2.47 bits per heavy atom. The highest BCUT2D eigenvalue weighted by atomic mass is 16.5. The topological polar surface area (TPSA) is 35.0 Å². The highest BCUT2D eigenvalue weighted by molar-refractivity contribution is 5.33. The normalized spacial score (nSPS) is 14.1. The van der Waals surface area contributed by atoms with Gasteiger partial charge in [0.25, 0.3) is 0 Å². The van der Waals surface area contributed by atoms with E-state index < -0.39 is 0 Å².